The lowest BCUT2D eigenvalue weighted by Crippen LogP contribution is -2.68. The molecular formula is C26H39NO9. The SMILES string of the molecule is CC(=O)C1(O)CC(OC2CC(N)C(O)C(C)O2)C2C(O)C3C(=O)C4CCCCC4C(=O)C3C(O)C2C1. The Bertz CT molecular complexity index is 900. The molecule has 0 aromatic heterocycles. The van der Waals surface area contributed by atoms with Crippen LogP contribution in [0.15, 0.2) is 0 Å². The number of aliphatic hydroxyl groups excluding tert-OH is 3. The van der Waals surface area contributed by atoms with Crippen molar-refractivity contribution in [2.75, 3.05) is 0 Å². The first kappa shape index (κ1) is 26.3. The molecule has 202 valence electrons. The molecule has 10 nitrogen and oxygen atoms in total. The Morgan fingerprint density at radius 2 is 1.58 bits per heavy atom. The minimum absolute atomic E-state index is 0.135. The average Bonchev–Trinajstić information content (AvgIpc) is 2.82. The van der Waals surface area contributed by atoms with Gasteiger partial charge in [0.15, 0.2) is 12.1 Å². The van der Waals surface area contributed by atoms with Crippen molar-refractivity contribution in [3.05, 3.63) is 0 Å². The van der Waals surface area contributed by atoms with Crippen LogP contribution in [0.2, 0.25) is 0 Å². The van der Waals surface area contributed by atoms with Crippen LogP contribution in [0.25, 0.3) is 0 Å². The highest BCUT2D eigenvalue weighted by atomic mass is 16.7. The Balaban J connectivity index is 1.48. The van der Waals surface area contributed by atoms with Crippen LogP contribution in [-0.2, 0) is 23.9 Å². The number of carbonyl (C=O) groups is 3. The summed E-state index contributed by atoms with van der Waals surface area (Å²) < 4.78 is 12.0. The van der Waals surface area contributed by atoms with Crippen molar-refractivity contribution in [1.29, 1.82) is 0 Å². The average molecular weight is 510 g/mol. The molecule has 0 amide bonds. The van der Waals surface area contributed by atoms with E-state index in [9.17, 15) is 34.8 Å². The van der Waals surface area contributed by atoms with Crippen LogP contribution in [0.1, 0.15) is 58.8 Å². The van der Waals surface area contributed by atoms with Gasteiger partial charge in [0.05, 0.1) is 42.4 Å². The zero-order chi connectivity index (χ0) is 26.1. The lowest BCUT2D eigenvalue weighted by atomic mass is 9.50. The summed E-state index contributed by atoms with van der Waals surface area (Å²) >= 11 is 0. The normalized spacial score (nSPS) is 53.2. The van der Waals surface area contributed by atoms with Crippen molar-refractivity contribution in [1.82, 2.24) is 0 Å². The summed E-state index contributed by atoms with van der Waals surface area (Å²) in [7, 11) is 0. The summed E-state index contributed by atoms with van der Waals surface area (Å²) in [6.45, 7) is 2.92. The number of nitrogens with two attached hydrogens (primary N) is 1. The zero-order valence-electron chi connectivity index (χ0n) is 20.9. The van der Waals surface area contributed by atoms with Gasteiger partial charge in [0, 0.05) is 36.6 Å². The van der Waals surface area contributed by atoms with Gasteiger partial charge >= 0.3 is 0 Å². The van der Waals surface area contributed by atoms with Crippen molar-refractivity contribution in [3.8, 4) is 0 Å². The molecule has 5 rings (SSSR count). The van der Waals surface area contributed by atoms with Crippen molar-refractivity contribution >= 4 is 17.3 Å². The molecule has 6 N–H and O–H groups in total. The molecular weight excluding hydrogens is 470 g/mol. The standard InChI is InChI=1S/C26H39NO9/c1-10-21(29)15(27)7-17(35-10)36-16-9-26(34,11(2)28)8-14-18(16)25(33)20-19(24(14)32)22(30)12-5-3-4-6-13(12)23(20)31/h10,12-21,24-25,29,32-34H,3-9,27H2,1-2H3. The molecule has 1 aliphatic heterocycles. The zero-order valence-corrected chi connectivity index (χ0v) is 20.9. The van der Waals surface area contributed by atoms with Gasteiger partial charge in [-0.15, -0.1) is 0 Å². The third kappa shape index (κ3) is 4.09. The van der Waals surface area contributed by atoms with Crippen molar-refractivity contribution < 1.29 is 44.3 Å². The molecule has 0 radical (unpaired) electrons. The minimum Gasteiger partial charge on any atom is -0.392 e. The molecule has 1 saturated heterocycles. The topological polar surface area (TPSA) is 177 Å². The quantitative estimate of drug-likeness (QED) is 0.332. The van der Waals surface area contributed by atoms with Crippen LogP contribution in [0, 0.1) is 35.5 Å². The molecule has 0 aromatic carbocycles. The van der Waals surface area contributed by atoms with Gasteiger partial charge in [-0.2, -0.15) is 0 Å². The maximum Gasteiger partial charge on any atom is 0.161 e. The first-order valence-electron chi connectivity index (χ1n) is 13.4. The van der Waals surface area contributed by atoms with Crippen molar-refractivity contribution in [3.63, 3.8) is 0 Å². The van der Waals surface area contributed by atoms with E-state index in [1.54, 1.807) is 6.92 Å². The van der Waals surface area contributed by atoms with Gasteiger partial charge in [0.25, 0.3) is 0 Å². The van der Waals surface area contributed by atoms with Gasteiger partial charge < -0.3 is 35.6 Å². The van der Waals surface area contributed by atoms with Crippen LogP contribution >= 0.6 is 0 Å². The van der Waals surface area contributed by atoms with Gasteiger partial charge in [-0.05, 0) is 39.0 Å². The lowest BCUT2D eigenvalue weighted by molar-refractivity contribution is -0.279. The summed E-state index contributed by atoms with van der Waals surface area (Å²) in [5.74, 6) is -5.47. The summed E-state index contributed by atoms with van der Waals surface area (Å²) in [4.78, 5) is 39.6. The molecule has 0 spiro atoms. The van der Waals surface area contributed by atoms with E-state index in [0.717, 1.165) is 12.8 Å². The van der Waals surface area contributed by atoms with Crippen LogP contribution in [0.4, 0.5) is 0 Å². The smallest absolute Gasteiger partial charge is 0.161 e. The molecule has 0 aromatic rings. The summed E-state index contributed by atoms with van der Waals surface area (Å²) in [6.07, 6.45) is -3.09. The fourth-order valence-electron chi connectivity index (χ4n) is 7.90. The first-order chi connectivity index (χ1) is 16.9. The number of hydrogen-bond donors (Lipinski definition) is 5. The Morgan fingerprint density at radius 3 is 2.14 bits per heavy atom. The second-order valence-corrected chi connectivity index (χ2v) is 11.9. The molecule has 36 heavy (non-hydrogen) atoms. The molecule has 14 unspecified atom stereocenters. The van der Waals surface area contributed by atoms with E-state index in [-0.39, 0.29) is 30.8 Å². The summed E-state index contributed by atoms with van der Waals surface area (Å²) in [6, 6.07) is -0.614. The van der Waals surface area contributed by atoms with Gasteiger partial charge in [-0.1, -0.05) is 12.8 Å². The van der Waals surface area contributed by atoms with E-state index in [2.05, 4.69) is 0 Å². The number of hydrogen-bond acceptors (Lipinski definition) is 10. The predicted molar refractivity (Wildman–Crippen MR) is 124 cm³/mol. The predicted octanol–water partition coefficient (Wildman–Crippen LogP) is -0.533. The summed E-state index contributed by atoms with van der Waals surface area (Å²) in [5, 5.41) is 44.5. The van der Waals surface area contributed by atoms with E-state index in [0.29, 0.717) is 12.8 Å². The first-order valence-corrected chi connectivity index (χ1v) is 13.4. The number of ketones is 3. The minimum atomic E-state index is -1.82. The number of Topliss-reactive ketones (excluding diaryl/α,β-unsaturated/α-hetero) is 3. The number of ether oxygens (including phenoxy) is 2. The van der Waals surface area contributed by atoms with Gasteiger partial charge in [-0.25, -0.2) is 0 Å². The second-order valence-electron chi connectivity index (χ2n) is 11.9. The van der Waals surface area contributed by atoms with E-state index >= 15 is 0 Å². The molecule has 5 aliphatic rings. The number of fused-ring (bicyclic) bond motifs is 3. The second kappa shape index (κ2) is 9.48. The highest BCUT2D eigenvalue weighted by Gasteiger charge is 2.65. The molecule has 4 saturated carbocycles. The van der Waals surface area contributed by atoms with Crippen molar-refractivity contribution in [2.24, 2.45) is 41.2 Å². The van der Waals surface area contributed by atoms with Gasteiger partial charge in [0.1, 0.15) is 17.2 Å². The highest BCUT2D eigenvalue weighted by Crippen LogP contribution is 2.54. The monoisotopic (exact) mass is 509 g/mol. The van der Waals surface area contributed by atoms with Crippen molar-refractivity contribution in [2.45, 2.75) is 107 Å². The third-order valence-electron chi connectivity index (χ3n) is 9.88. The molecule has 14 atom stereocenters. The maximum absolute atomic E-state index is 13.6. The van der Waals surface area contributed by atoms with E-state index in [1.807, 2.05) is 0 Å². The fraction of sp³-hybridized carbons (Fsp3) is 0.885. The van der Waals surface area contributed by atoms with E-state index < -0.39 is 89.7 Å². The number of carbonyl (C=O) groups excluding carboxylic acids is 3. The molecule has 1 heterocycles. The fourth-order valence-corrected chi connectivity index (χ4v) is 7.90. The maximum atomic E-state index is 13.6. The Hall–Kier alpha value is -1.27. The van der Waals surface area contributed by atoms with Crippen LogP contribution in [0.3, 0.4) is 0 Å². The molecule has 10 heteroatoms. The van der Waals surface area contributed by atoms with Gasteiger partial charge in [-0.3, -0.25) is 14.4 Å². The molecule has 4 aliphatic carbocycles. The lowest BCUT2D eigenvalue weighted by Gasteiger charge is -2.57. The third-order valence-corrected chi connectivity index (χ3v) is 9.88. The van der Waals surface area contributed by atoms with Crippen LogP contribution < -0.4 is 5.73 Å². The number of rotatable bonds is 3. The molecule has 5 fully saturated rings. The number of aliphatic hydroxyl groups is 4. The van der Waals surface area contributed by atoms with Crippen LogP contribution in [0.5, 0.6) is 0 Å². The summed E-state index contributed by atoms with van der Waals surface area (Å²) in [5.41, 5.74) is 4.22. The largest absolute Gasteiger partial charge is 0.392 e. The highest BCUT2D eigenvalue weighted by molar-refractivity contribution is 6.00. The van der Waals surface area contributed by atoms with E-state index in [4.69, 9.17) is 15.2 Å². The van der Waals surface area contributed by atoms with Crippen LogP contribution in [-0.4, -0.2) is 86.2 Å². The Kier molecular flexibility index (Phi) is 6.94. The Morgan fingerprint density at radius 1 is 1.00 bits per heavy atom. The van der Waals surface area contributed by atoms with E-state index in [1.165, 1.54) is 6.92 Å². The molecule has 0 bridgehead atoms. The van der Waals surface area contributed by atoms with Gasteiger partial charge in [0.2, 0.25) is 0 Å². The Labute approximate surface area is 210 Å².